The number of benzene rings is 1. The van der Waals surface area contributed by atoms with Crippen molar-refractivity contribution in [1.82, 2.24) is 10.6 Å². The van der Waals surface area contributed by atoms with E-state index in [0.717, 1.165) is 24.0 Å². The SMILES string of the molecule is Cc1cccc(CNC(=O)C(NC(=O)C2CC2)C(C)O)c1. The Labute approximate surface area is 124 Å². The molecule has 1 saturated carbocycles. The second-order valence-electron chi connectivity index (χ2n) is 5.71. The van der Waals surface area contributed by atoms with Gasteiger partial charge in [0.2, 0.25) is 11.8 Å². The summed E-state index contributed by atoms with van der Waals surface area (Å²) in [7, 11) is 0. The maximum Gasteiger partial charge on any atom is 0.245 e. The second kappa shape index (κ2) is 6.72. The summed E-state index contributed by atoms with van der Waals surface area (Å²) in [6.07, 6.45) is 0.803. The van der Waals surface area contributed by atoms with E-state index in [-0.39, 0.29) is 17.7 Å². The Morgan fingerprint density at radius 3 is 2.67 bits per heavy atom. The van der Waals surface area contributed by atoms with Crippen molar-refractivity contribution in [2.75, 3.05) is 0 Å². The van der Waals surface area contributed by atoms with Crippen LogP contribution in [0.2, 0.25) is 0 Å². The van der Waals surface area contributed by atoms with Crippen molar-refractivity contribution in [1.29, 1.82) is 0 Å². The van der Waals surface area contributed by atoms with Crippen LogP contribution in [-0.4, -0.2) is 29.1 Å². The third-order valence-corrected chi connectivity index (χ3v) is 3.56. The molecule has 1 fully saturated rings. The number of rotatable bonds is 6. The number of hydrogen-bond acceptors (Lipinski definition) is 3. The number of nitrogens with one attached hydrogen (secondary N) is 2. The summed E-state index contributed by atoms with van der Waals surface area (Å²) in [6.45, 7) is 3.87. The summed E-state index contributed by atoms with van der Waals surface area (Å²) in [5.74, 6) is -0.497. The smallest absolute Gasteiger partial charge is 0.245 e. The second-order valence-corrected chi connectivity index (χ2v) is 5.71. The minimum Gasteiger partial charge on any atom is -0.391 e. The minimum absolute atomic E-state index is 0.0100. The summed E-state index contributed by atoms with van der Waals surface area (Å²) < 4.78 is 0. The first-order valence-corrected chi connectivity index (χ1v) is 7.29. The van der Waals surface area contributed by atoms with E-state index in [1.807, 2.05) is 31.2 Å². The van der Waals surface area contributed by atoms with E-state index in [1.54, 1.807) is 0 Å². The van der Waals surface area contributed by atoms with Crippen LogP contribution in [-0.2, 0) is 16.1 Å². The van der Waals surface area contributed by atoms with Gasteiger partial charge in [-0.1, -0.05) is 29.8 Å². The molecule has 0 aliphatic heterocycles. The summed E-state index contributed by atoms with van der Waals surface area (Å²) in [5, 5.41) is 15.1. The van der Waals surface area contributed by atoms with Crippen LogP contribution in [0.1, 0.15) is 30.9 Å². The first-order chi connectivity index (χ1) is 9.97. The summed E-state index contributed by atoms with van der Waals surface area (Å²) in [6, 6.07) is 6.92. The lowest BCUT2D eigenvalue weighted by Crippen LogP contribution is -2.52. The number of aliphatic hydroxyl groups is 1. The zero-order chi connectivity index (χ0) is 15.4. The molecule has 0 radical (unpaired) electrons. The topological polar surface area (TPSA) is 78.4 Å². The van der Waals surface area contributed by atoms with Gasteiger partial charge >= 0.3 is 0 Å². The molecule has 2 atom stereocenters. The van der Waals surface area contributed by atoms with E-state index in [9.17, 15) is 14.7 Å². The van der Waals surface area contributed by atoms with Crippen LogP contribution in [0, 0.1) is 12.8 Å². The highest BCUT2D eigenvalue weighted by molar-refractivity contribution is 5.89. The van der Waals surface area contributed by atoms with Gasteiger partial charge in [0.05, 0.1) is 6.10 Å². The molecule has 21 heavy (non-hydrogen) atoms. The molecule has 0 spiro atoms. The zero-order valence-corrected chi connectivity index (χ0v) is 12.4. The number of carbonyl (C=O) groups excluding carboxylic acids is 2. The quantitative estimate of drug-likeness (QED) is 0.728. The third-order valence-electron chi connectivity index (χ3n) is 3.56. The van der Waals surface area contributed by atoms with Gasteiger partial charge < -0.3 is 15.7 Å². The summed E-state index contributed by atoms with van der Waals surface area (Å²) >= 11 is 0. The predicted molar refractivity (Wildman–Crippen MR) is 79.4 cm³/mol. The Bertz CT molecular complexity index is 524. The molecule has 5 nitrogen and oxygen atoms in total. The normalized spacial score (nSPS) is 16.9. The Morgan fingerprint density at radius 2 is 2.10 bits per heavy atom. The number of carbonyl (C=O) groups is 2. The van der Waals surface area contributed by atoms with Crippen molar-refractivity contribution < 1.29 is 14.7 Å². The van der Waals surface area contributed by atoms with Gasteiger partial charge in [-0.25, -0.2) is 0 Å². The maximum atomic E-state index is 12.1. The van der Waals surface area contributed by atoms with Crippen LogP contribution >= 0.6 is 0 Å². The Balaban J connectivity index is 1.90. The highest BCUT2D eigenvalue weighted by Crippen LogP contribution is 2.28. The van der Waals surface area contributed by atoms with Crippen molar-refractivity contribution in [2.45, 2.75) is 45.4 Å². The van der Waals surface area contributed by atoms with E-state index in [2.05, 4.69) is 10.6 Å². The molecular weight excluding hydrogens is 268 g/mol. The molecule has 2 unspecified atom stereocenters. The van der Waals surface area contributed by atoms with Crippen LogP contribution in [0.3, 0.4) is 0 Å². The molecule has 0 bridgehead atoms. The standard InChI is InChI=1S/C16H22N2O3/c1-10-4-3-5-12(8-10)9-17-16(21)14(11(2)19)18-15(20)13-6-7-13/h3-5,8,11,13-14,19H,6-7,9H2,1-2H3,(H,17,21)(H,18,20). The molecule has 0 aromatic heterocycles. The Morgan fingerprint density at radius 1 is 1.38 bits per heavy atom. The summed E-state index contributed by atoms with van der Waals surface area (Å²) in [5.41, 5.74) is 2.11. The van der Waals surface area contributed by atoms with Gasteiger partial charge in [-0.05, 0) is 32.3 Å². The van der Waals surface area contributed by atoms with E-state index in [0.29, 0.717) is 6.54 Å². The Hall–Kier alpha value is -1.88. The van der Waals surface area contributed by atoms with Crippen molar-refractivity contribution in [3.63, 3.8) is 0 Å². The third kappa shape index (κ3) is 4.56. The van der Waals surface area contributed by atoms with Crippen LogP contribution < -0.4 is 10.6 Å². The van der Waals surface area contributed by atoms with Gasteiger partial charge in [-0.15, -0.1) is 0 Å². The van der Waals surface area contributed by atoms with Gasteiger partial charge in [0.15, 0.2) is 0 Å². The summed E-state index contributed by atoms with van der Waals surface area (Å²) in [4.78, 5) is 23.9. The lowest BCUT2D eigenvalue weighted by molar-refractivity contribution is -0.132. The number of aryl methyl sites for hydroxylation is 1. The molecule has 114 valence electrons. The minimum atomic E-state index is -0.926. The van der Waals surface area contributed by atoms with Crippen LogP contribution in [0.4, 0.5) is 0 Å². The molecule has 1 aromatic carbocycles. The molecular formula is C16H22N2O3. The molecule has 2 amide bonds. The van der Waals surface area contributed by atoms with Crippen molar-refractivity contribution in [3.05, 3.63) is 35.4 Å². The van der Waals surface area contributed by atoms with Gasteiger partial charge in [-0.3, -0.25) is 9.59 Å². The monoisotopic (exact) mass is 290 g/mol. The average Bonchev–Trinajstić information content (AvgIpc) is 3.26. The number of hydrogen-bond donors (Lipinski definition) is 3. The molecule has 0 saturated heterocycles. The molecule has 1 aromatic rings. The van der Waals surface area contributed by atoms with Gasteiger partial charge in [0.25, 0.3) is 0 Å². The first-order valence-electron chi connectivity index (χ1n) is 7.29. The highest BCUT2D eigenvalue weighted by Gasteiger charge is 2.34. The highest BCUT2D eigenvalue weighted by atomic mass is 16.3. The molecule has 1 aliphatic rings. The fourth-order valence-electron chi connectivity index (χ4n) is 2.14. The van der Waals surface area contributed by atoms with Crippen molar-refractivity contribution >= 4 is 11.8 Å². The average molecular weight is 290 g/mol. The van der Waals surface area contributed by atoms with E-state index >= 15 is 0 Å². The van der Waals surface area contributed by atoms with Gasteiger partial charge in [-0.2, -0.15) is 0 Å². The van der Waals surface area contributed by atoms with Gasteiger partial charge in [0, 0.05) is 12.5 Å². The molecule has 1 aliphatic carbocycles. The van der Waals surface area contributed by atoms with Gasteiger partial charge in [0.1, 0.15) is 6.04 Å². The van der Waals surface area contributed by atoms with Crippen LogP contribution in [0.25, 0.3) is 0 Å². The zero-order valence-electron chi connectivity index (χ0n) is 12.4. The van der Waals surface area contributed by atoms with Crippen molar-refractivity contribution in [3.8, 4) is 0 Å². The lowest BCUT2D eigenvalue weighted by Gasteiger charge is -2.21. The van der Waals surface area contributed by atoms with E-state index < -0.39 is 12.1 Å². The largest absolute Gasteiger partial charge is 0.391 e. The number of amides is 2. The van der Waals surface area contributed by atoms with E-state index in [4.69, 9.17) is 0 Å². The predicted octanol–water partition coefficient (Wildman–Crippen LogP) is 0.887. The van der Waals surface area contributed by atoms with E-state index in [1.165, 1.54) is 6.92 Å². The fourth-order valence-corrected chi connectivity index (χ4v) is 2.14. The maximum absolute atomic E-state index is 12.1. The fraction of sp³-hybridized carbons (Fsp3) is 0.500. The lowest BCUT2D eigenvalue weighted by atomic mass is 10.1. The molecule has 0 heterocycles. The first kappa shape index (κ1) is 15.5. The molecule has 3 N–H and O–H groups in total. The Kier molecular flexibility index (Phi) is 4.96. The molecule has 5 heteroatoms. The van der Waals surface area contributed by atoms with Crippen LogP contribution in [0.5, 0.6) is 0 Å². The van der Waals surface area contributed by atoms with Crippen LogP contribution in [0.15, 0.2) is 24.3 Å². The molecule has 2 rings (SSSR count). The van der Waals surface area contributed by atoms with Crippen molar-refractivity contribution in [2.24, 2.45) is 5.92 Å². The number of aliphatic hydroxyl groups excluding tert-OH is 1.